The molecule has 2 aliphatic heterocycles. The van der Waals surface area contributed by atoms with Crippen LogP contribution in [0.4, 0.5) is 5.69 Å². The van der Waals surface area contributed by atoms with E-state index < -0.39 is 0 Å². The summed E-state index contributed by atoms with van der Waals surface area (Å²) in [5.74, 6) is 0. The fraction of sp³-hybridized carbons (Fsp3) is 0.647. The van der Waals surface area contributed by atoms with E-state index >= 15 is 0 Å². The Bertz CT molecular complexity index is 652. The average Bonchev–Trinajstić information content (AvgIpc) is 2.49. The Balaban J connectivity index is 1.52. The molecule has 0 atom stereocenters. The summed E-state index contributed by atoms with van der Waals surface area (Å²) in [5, 5.41) is 6.71. The highest BCUT2D eigenvalue weighted by molar-refractivity contribution is 5.83. The number of aldehydes is 1. The van der Waals surface area contributed by atoms with Crippen molar-refractivity contribution in [3.8, 4) is 0 Å². The van der Waals surface area contributed by atoms with Crippen LogP contribution in [0.5, 0.6) is 0 Å². The highest BCUT2D eigenvalue weighted by Gasteiger charge is 2.48. The van der Waals surface area contributed by atoms with Crippen LogP contribution in [0.2, 0.25) is 0 Å². The maximum absolute atomic E-state index is 12.4. The minimum absolute atomic E-state index is 0.0376. The largest absolute Gasteiger partial charge is 0.381 e. The Morgan fingerprint density at radius 1 is 1.30 bits per heavy atom. The van der Waals surface area contributed by atoms with Crippen LogP contribution in [-0.4, -0.2) is 43.2 Å². The van der Waals surface area contributed by atoms with Crippen molar-refractivity contribution in [3.05, 3.63) is 28.2 Å². The molecule has 0 unspecified atom stereocenters. The molecule has 1 spiro atoms. The van der Waals surface area contributed by atoms with Gasteiger partial charge in [-0.25, -0.2) is 0 Å². The minimum atomic E-state index is -0.0376. The third-order valence-electron chi connectivity index (χ3n) is 5.54. The second-order valence-corrected chi connectivity index (χ2v) is 7.20. The Morgan fingerprint density at radius 3 is 2.65 bits per heavy atom. The van der Waals surface area contributed by atoms with Crippen molar-refractivity contribution in [3.63, 3.8) is 0 Å². The highest BCUT2D eigenvalue weighted by Crippen LogP contribution is 2.45. The predicted octanol–water partition coefficient (Wildman–Crippen LogP) is 1.18. The number of hydrogen-bond acceptors (Lipinski definition) is 5. The molecule has 1 aromatic rings. The average molecular weight is 317 g/mol. The molecule has 2 N–H and O–H groups in total. The number of rotatable bonds is 4. The number of hydrogen-bond donors (Lipinski definition) is 2. The van der Waals surface area contributed by atoms with Gasteiger partial charge in [0.15, 0.2) is 6.29 Å². The van der Waals surface area contributed by atoms with Crippen LogP contribution >= 0.6 is 0 Å². The topological polar surface area (TPSA) is 72.4 Å². The van der Waals surface area contributed by atoms with Crippen LogP contribution in [0, 0.1) is 5.41 Å². The van der Waals surface area contributed by atoms with Gasteiger partial charge in [0, 0.05) is 50.7 Å². The lowest BCUT2D eigenvalue weighted by atomic mass is 9.61. The Hall–Kier alpha value is -1.66. The van der Waals surface area contributed by atoms with E-state index in [2.05, 4.69) is 10.6 Å². The third-order valence-corrected chi connectivity index (χ3v) is 5.54. The standard InChI is InChI=1S/C17H23N3O3/c21-9-12-8-20(14-1-3-23-4-2-14)16(22)5-15(12)19-13-6-17(7-13)10-18-11-17/h5,8-9,13-14,18-19H,1-4,6-7,10-11H2. The third kappa shape index (κ3) is 2.70. The fourth-order valence-electron chi connectivity index (χ4n) is 4.11. The van der Waals surface area contributed by atoms with Gasteiger partial charge in [0.2, 0.25) is 0 Å². The molecule has 2 saturated heterocycles. The summed E-state index contributed by atoms with van der Waals surface area (Å²) >= 11 is 0. The summed E-state index contributed by atoms with van der Waals surface area (Å²) in [6, 6.07) is 2.09. The number of nitrogens with zero attached hydrogens (tertiary/aromatic N) is 1. The van der Waals surface area contributed by atoms with Crippen molar-refractivity contribution < 1.29 is 9.53 Å². The van der Waals surface area contributed by atoms with E-state index in [-0.39, 0.29) is 11.6 Å². The quantitative estimate of drug-likeness (QED) is 0.816. The fourth-order valence-corrected chi connectivity index (χ4v) is 4.11. The second kappa shape index (κ2) is 5.76. The molecule has 3 aliphatic rings. The van der Waals surface area contributed by atoms with Gasteiger partial charge in [0.1, 0.15) is 0 Å². The maximum atomic E-state index is 12.4. The Labute approximate surface area is 135 Å². The lowest BCUT2D eigenvalue weighted by Gasteiger charge is -2.54. The van der Waals surface area contributed by atoms with Crippen LogP contribution < -0.4 is 16.2 Å². The van der Waals surface area contributed by atoms with Crippen molar-refractivity contribution in [2.75, 3.05) is 31.6 Å². The first-order valence-corrected chi connectivity index (χ1v) is 8.45. The summed E-state index contributed by atoms with van der Waals surface area (Å²) in [7, 11) is 0. The summed E-state index contributed by atoms with van der Waals surface area (Å²) < 4.78 is 7.05. The van der Waals surface area contributed by atoms with Crippen LogP contribution in [0.3, 0.4) is 0 Å². The van der Waals surface area contributed by atoms with Crippen LogP contribution in [0.15, 0.2) is 17.1 Å². The zero-order chi connectivity index (χ0) is 15.9. The van der Waals surface area contributed by atoms with Gasteiger partial charge in [-0.3, -0.25) is 9.59 Å². The van der Waals surface area contributed by atoms with E-state index in [0.717, 1.165) is 45.1 Å². The molecule has 6 nitrogen and oxygen atoms in total. The van der Waals surface area contributed by atoms with Gasteiger partial charge in [-0.1, -0.05) is 0 Å². The van der Waals surface area contributed by atoms with E-state index in [9.17, 15) is 9.59 Å². The maximum Gasteiger partial charge on any atom is 0.252 e. The van der Waals surface area contributed by atoms with Gasteiger partial charge in [0.05, 0.1) is 11.3 Å². The molecule has 3 fully saturated rings. The Morgan fingerprint density at radius 2 is 2.04 bits per heavy atom. The molecule has 4 rings (SSSR count). The van der Waals surface area contributed by atoms with E-state index in [4.69, 9.17) is 4.74 Å². The van der Waals surface area contributed by atoms with Crippen molar-refractivity contribution >= 4 is 12.0 Å². The molecule has 1 saturated carbocycles. The van der Waals surface area contributed by atoms with Crippen LogP contribution in [0.25, 0.3) is 0 Å². The molecule has 1 aliphatic carbocycles. The van der Waals surface area contributed by atoms with Gasteiger partial charge in [-0.05, 0) is 31.1 Å². The highest BCUT2D eigenvalue weighted by atomic mass is 16.5. The molecule has 0 bridgehead atoms. The van der Waals surface area contributed by atoms with Gasteiger partial charge in [-0.15, -0.1) is 0 Å². The molecule has 6 heteroatoms. The van der Waals surface area contributed by atoms with Crippen molar-refractivity contribution in [2.45, 2.75) is 37.8 Å². The number of carbonyl (C=O) groups excluding carboxylic acids is 1. The van der Waals surface area contributed by atoms with Gasteiger partial charge >= 0.3 is 0 Å². The van der Waals surface area contributed by atoms with Crippen LogP contribution in [0.1, 0.15) is 42.1 Å². The first kappa shape index (κ1) is 14.9. The van der Waals surface area contributed by atoms with E-state index in [0.29, 0.717) is 35.9 Å². The second-order valence-electron chi connectivity index (χ2n) is 7.20. The first-order valence-electron chi connectivity index (χ1n) is 8.45. The molecule has 0 amide bonds. The number of nitrogens with one attached hydrogen (secondary N) is 2. The molecule has 124 valence electrons. The van der Waals surface area contributed by atoms with Crippen molar-refractivity contribution in [1.82, 2.24) is 9.88 Å². The minimum Gasteiger partial charge on any atom is -0.381 e. The SMILES string of the molecule is O=Cc1cn(C2CCOCC2)c(=O)cc1NC1CC2(CNC2)C1. The first-order chi connectivity index (χ1) is 11.2. The molecule has 23 heavy (non-hydrogen) atoms. The summed E-state index contributed by atoms with van der Waals surface area (Å²) in [4.78, 5) is 23.9. The van der Waals surface area contributed by atoms with Crippen molar-refractivity contribution in [2.24, 2.45) is 5.41 Å². The molecule has 0 aromatic carbocycles. The zero-order valence-electron chi connectivity index (χ0n) is 13.2. The predicted molar refractivity (Wildman–Crippen MR) is 87.1 cm³/mol. The lowest BCUT2D eigenvalue weighted by molar-refractivity contribution is 0.0470. The zero-order valence-corrected chi connectivity index (χ0v) is 13.2. The smallest absolute Gasteiger partial charge is 0.252 e. The summed E-state index contributed by atoms with van der Waals surface area (Å²) in [6.07, 6.45) is 6.43. The number of pyridine rings is 1. The van der Waals surface area contributed by atoms with E-state index in [1.54, 1.807) is 16.8 Å². The van der Waals surface area contributed by atoms with Crippen molar-refractivity contribution in [1.29, 1.82) is 0 Å². The van der Waals surface area contributed by atoms with E-state index in [1.807, 2.05) is 0 Å². The summed E-state index contributed by atoms with van der Waals surface area (Å²) in [6.45, 7) is 3.53. The van der Waals surface area contributed by atoms with Crippen LogP contribution in [-0.2, 0) is 4.74 Å². The van der Waals surface area contributed by atoms with Gasteiger partial charge < -0.3 is 19.9 Å². The number of carbonyl (C=O) groups is 1. The number of aromatic nitrogens is 1. The van der Waals surface area contributed by atoms with E-state index in [1.165, 1.54) is 0 Å². The normalized spacial score (nSPS) is 24.0. The molecular weight excluding hydrogens is 294 g/mol. The molecule has 0 radical (unpaired) electrons. The molecule has 3 heterocycles. The Kier molecular flexibility index (Phi) is 3.73. The summed E-state index contributed by atoms with van der Waals surface area (Å²) in [5.41, 5.74) is 1.68. The van der Waals surface area contributed by atoms with Gasteiger partial charge in [0.25, 0.3) is 5.56 Å². The monoisotopic (exact) mass is 317 g/mol. The lowest BCUT2D eigenvalue weighted by Crippen LogP contribution is -2.63. The number of anilines is 1. The molecular formula is C17H23N3O3. The van der Waals surface area contributed by atoms with Gasteiger partial charge in [-0.2, -0.15) is 0 Å². The number of ether oxygens (including phenoxy) is 1. The molecule has 1 aromatic heterocycles.